The van der Waals surface area contributed by atoms with E-state index >= 15 is 0 Å². The SMILES string of the molecule is COc1ccc(C(=N)N)c(N2CC(C)SC(C)C2)c1. The molecule has 5 heteroatoms. The Morgan fingerprint density at radius 3 is 2.53 bits per heavy atom. The van der Waals surface area contributed by atoms with Crippen LogP contribution in [0.1, 0.15) is 19.4 Å². The minimum absolute atomic E-state index is 0.108. The van der Waals surface area contributed by atoms with Crippen LogP contribution in [0.5, 0.6) is 5.75 Å². The highest BCUT2D eigenvalue weighted by atomic mass is 32.2. The molecule has 4 nitrogen and oxygen atoms in total. The highest BCUT2D eigenvalue weighted by Gasteiger charge is 2.24. The monoisotopic (exact) mass is 279 g/mol. The predicted octanol–water partition coefficient (Wildman–Crippen LogP) is 2.31. The van der Waals surface area contributed by atoms with Gasteiger partial charge in [-0.15, -0.1) is 0 Å². The van der Waals surface area contributed by atoms with Crippen LogP contribution in [-0.2, 0) is 0 Å². The number of ether oxygens (including phenoxy) is 1. The molecule has 1 aliphatic heterocycles. The van der Waals surface area contributed by atoms with Crippen LogP contribution in [0.3, 0.4) is 0 Å². The lowest BCUT2D eigenvalue weighted by Gasteiger charge is -2.37. The first kappa shape index (κ1) is 14.1. The van der Waals surface area contributed by atoms with Crippen LogP contribution in [0, 0.1) is 5.41 Å². The van der Waals surface area contributed by atoms with Gasteiger partial charge in [0.05, 0.1) is 12.8 Å². The zero-order valence-corrected chi connectivity index (χ0v) is 12.5. The molecular formula is C14H21N3OS. The molecule has 1 saturated heterocycles. The molecule has 1 heterocycles. The van der Waals surface area contributed by atoms with Gasteiger partial charge in [-0.25, -0.2) is 0 Å². The van der Waals surface area contributed by atoms with Crippen molar-refractivity contribution in [2.75, 3.05) is 25.1 Å². The summed E-state index contributed by atoms with van der Waals surface area (Å²) in [5.74, 6) is 0.912. The summed E-state index contributed by atoms with van der Waals surface area (Å²) in [6, 6.07) is 5.70. The van der Waals surface area contributed by atoms with E-state index in [0.717, 1.165) is 30.1 Å². The van der Waals surface area contributed by atoms with Crippen LogP contribution in [0.4, 0.5) is 5.69 Å². The van der Waals surface area contributed by atoms with Gasteiger partial charge in [-0.05, 0) is 12.1 Å². The number of hydrogen-bond acceptors (Lipinski definition) is 4. The molecule has 0 amide bonds. The van der Waals surface area contributed by atoms with Crippen LogP contribution in [-0.4, -0.2) is 36.5 Å². The van der Waals surface area contributed by atoms with Gasteiger partial charge in [-0.1, -0.05) is 13.8 Å². The zero-order valence-electron chi connectivity index (χ0n) is 11.6. The fourth-order valence-electron chi connectivity index (χ4n) is 2.50. The van der Waals surface area contributed by atoms with Crippen LogP contribution in [0.25, 0.3) is 0 Å². The van der Waals surface area contributed by atoms with Gasteiger partial charge in [0, 0.05) is 35.2 Å². The summed E-state index contributed by atoms with van der Waals surface area (Å²) in [5.41, 5.74) is 7.48. The maximum Gasteiger partial charge on any atom is 0.124 e. The normalized spacial score (nSPS) is 23.2. The van der Waals surface area contributed by atoms with E-state index in [1.165, 1.54) is 0 Å². The minimum Gasteiger partial charge on any atom is -0.497 e. The van der Waals surface area contributed by atoms with E-state index in [-0.39, 0.29) is 5.84 Å². The molecule has 2 atom stereocenters. The molecule has 1 fully saturated rings. The van der Waals surface area contributed by atoms with Crippen LogP contribution in [0.15, 0.2) is 18.2 Å². The Morgan fingerprint density at radius 1 is 1.37 bits per heavy atom. The van der Waals surface area contributed by atoms with Crippen molar-refractivity contribution in [2.45, 2.75) is 24.3 Å². The van der Waals surface area contributed by atoms with Gasteiger partial charge >= 0.3 is 0 Å². The predicted molar refractivity (Wildman–Crippen MR) is 82.7 cm³/mol. The number of methoxy groups -OCH3 is 1. The number of nitrogens with two attached hydrogens (primary N) is 1. The summed E-state index contributed by atoms with van der Waals surface area (Å²) < 4.78 is 5.29. The molecule has 1 aliphatic rings. The lowest BCUT2D eigenvalue weighted by molar-refractivity contribution is 0.414. The topological polar surface area (TPSA) is 62.3 Å². The second-order valence-electron chi connectivity index (χ2n) is 4.96. The van der Waals surface area contributed by atoms with Crippen molar-refractivity contribution in [3.63, 3.8) is 0 Å². The molecule has 1 aromatic rings. The lowest BCUT2D eigenvalue weighted by Crippen LogP contribution is -2.41. The van der Waals surface area contributed by atoms with E-state index in [9.17, 15) is 0 Å². The van der Waals surface area contributed by atoms with E-state index in [1.807, 2.05) is 30.0 Å². The molecule has 1 aromatic carbocycles. The molecule has 2 unspecified atom stereocenters. The number of thioether (sulfide) groups is 1. The number of hydrogen-bond donors (Lipinski definition) is 2. The molecule has 19 heavy (non-hydrogen) atoms. The van der Waals surface area contributed by atoms with Gasteiger partial charge in [-0.2, -0.15) is 11.8 Å². The first-order chi connectivity index (χ1) is 9.01. The van der Waals surface area contributed by atoms with Crippen molar-refractivity contribution >= 4 is 23.3 Å². The third-order valence-electron chi connectivity index (χ3n) is 3.26. The number of nitrogens with one attached hydrogen (secondary N) is 1. The van der Waals surface area contributed by atoms with Gasteiger partial charge in [-0.3, -0.25) is 5.41 Å². The van der Waals surface area contributed by atoms with E-state index in [0.29, 0.717) is 10.5 Å². The quantitative estimate of drug-likeness (QED) is 0.658. The minimum atomic E-state index is 0.108. The molecule has 0 saturated carbocycles. The van der Waals surface area contributed by atoms with Crippen LogP contribution >= 0.6 is 11.8 Å². The Balaban J connectivity index is 2.38. The third-order valence-corrected chi connectivity index (χ3v) is 4.48. The number of anilines is 1. The summed E-state index contributed by atoms with van der Waals surface area (Å²) in [6.07, 6.45) is 0. The third kappa shape index (κ3) is 3.15. The summed E-state index contributed by atoms with van der Waals surface area (Å²) in [5, 5.41) is 8.89. The smallest absolute Gasteiger partial charge is 0.124 e. The number of nitrogen functional groups attached to an aromatic ring is 1. The molecule has 0 aliphatic carbocycles. The molecular weight excluding hydrogens is 258 g/mol. The average molecular weight is 279 g/mol. The van der Waals surface area contributed by atoms with Crippen molar-refractivity contribution in [3.8, 4) is 5.75 Å². The van der Waals surface area contributed by atoms with E-state index < -0.39 is 0 Å². The number of benzene rings is 1. The Kier molecular flexibility index (Phi) is 4.24. The summed E-state index contributed by atoms with van der Waals surface area (Å²) in [7, 11) is 1.66. The molecule has 0 spiro atoms. The fourth-order valence-corrected chi connectivity index (χ4v) is 3.83. The van der Waals surface area contributed by atoms with Gasteiger partial charge in [0.1, 0.15) is 11.6 Å². The summed E-state index contributed by atoms with van der Waals surface area (Å²) in [6.45, 7) is 6.42. The summed E-state index contributed by atoms with van der Waals surface area (Å²) >= 11 is 2.01. The van der Waals surface area contributed by atoms with Crippen molar-refractivity contribution in [1.82, 2.24) is 0 Å². The highest BCUT2D eigenvalue weighted by Crippen LogP contribution is 2.32. The zero-order chi connectivity index (χ0) is 14.0. The van der Waals surface area contributed by atoms with Gasteiger partial charge in [0.25, 0.3) is 0 Å². The Hall–Kier alpha value is -1.36. The maximum atomic E-state index is 7.73. The Bertz CT molecular complexity index is 468. The van der Waals surface area contributed by atoms with Crippen molar-refractivity contribution in [3.05, 3.63) is 23.8 Å². The standard InChI is InChI=1S/C14H21N3OS/c1-9-7-17(8-10(2)19-9)13-6-11(18-3)4-5-12(13)14(15)16/h4-6,9-10H,7-8H2,1-3H3,(H3,15,16). The number of rotatable bonds is 3. The molecule has 2 rings (SSSR count). The lowest BCUT2D eigenvalue weighted by atomic mass is 10.1. The van der Waals surface area contributed by atoms with Crippen LogP contribution < -0.4 is 15.4 Å². The summed E-state index contributed by atoms with van der Waals surface area (Å²) in [4.78, 5) is 2.31. The molecule has 0 radical (unpaired) electrons. The molecule has 104 valence electrons. The highest BCUT2D eigenvalue weighted by molar-refractivity contribution is 8.00. The molecule has 3 N–H and O–H groups in total. The maximum absolute atomic E-state index is 7.73. The molecule has 0 bridgehead atoms. The van der Waals surface area contributed by atoms with Crippen molar-refractivity contribution in [1.29, 1.82) is 5.41 Å². The van der Waals surface area contributed by atoms with E-state index in [4.69, 9.17) is 15.9 Å². The average Bonchev–Trinajstić information content (AvgIpc) is 2.36. The van der Waals surface area contributed by atoms with E-state index in [1.54, 1.807) is 7.11 Å². The Labute approximate surface area is 118 Å². The second-order valence-corrected chi connectivity index (χ2v) is 6.84. The first-order valence-corrected chi connectivity index (χ1v) is 7.38. The van der Waals surface area contributed by atoms with Gasteiger partial charge in [0.15, 0.2) is 0 Å². The Morgan fingerprint density at radius 2 is 2.00 bits per heavy atom. The number of nitrogens with zero attached hydrogens (tertiary/aromatic N) is 1. The fraction of sp³-hybridized carbons (Fsp3) is 0.500. The molecule has 0 aromatic heterocycles. The van der Waals surface area contributed by atoms with E-state index in [2.05, 4.69) is 18.7 Å². The largest absolute Gasteiger partial charge is 0.497 e. The number of amidine groups is 1. The van der Waals surface area contributed by atoms with Gasteiger partial charge < -0.3 is 15.4 Å². The second kappa shape index (κ2) is 5.74. The first-order valence-electron chi connectivity index (χ1n) is 6.44. The van der Waals surface area contributed by atoms with Crippen molar-refractivity contribution < 1.29 is 4.74 Å². The van der Waals surface area contributed by atoms with Crippen LogP contribution in [0.2, 0.25) is 0 Å². The van der Waals surface area contributed by atoms with Gasteiger partial charge in [0.2, 0.25) is 0 Å². The van der Waals surface area contributed by atoms with Crippen molar-refractivity contribution in [2.24, 2.45) is 5.73 Å².